The van der Waals surface area contributed by atoms with E-state index in [0.29, 0.717) is 12.8 Å². The summed E-state index contributed by atoms with van der Waals surface area (Å²) in [5.41, 5.74) is 0. The SMILES string of the molecule is CC/C=C\C/C=C\C/C=C\C/C=C\C/C=C\CC(=O)OCC(COC(=O)CCCCCCCCCCCC/C=C\C/C=C\C/C=C\CCCCCCC)OC(=O)CCCCCCCCCCC/C=C\C/C=C\CCCCC. The van der Waals surface area contributed by atoms with Crippen LogP contribution >= 0.6 is 0 Å². The van der Waals surface area contributed by atoms with Crippen LogP contribution in [0.4, 0.5) is 0 Å². The third kappa shape index (κ3) is 62.5. The average molecular weight is 1070 g/mol. The maximum atomic E-state index is 12.9. The van der Waals surface area contributed by atoms with Crippen LogP contribution in [0, 0.1) is 0 Å². The van der Waals surface area contributed by atoms with Crippen LogP contribution in [0.5, 0.6) is 0 Å². The topological polar surface area (TPSA) is 78.9 Å². The predicted molar refractivity (Wildman–Crippen MR) is 334 cm³/mol. The number of ether oxygens (including phenoxy) is 3. The monoisotopic (exact) mass is 1070 g/mol. The molecule has 0 bridgehead atoms. The molecule has 0 saturated heterocycles. The Morgan fingerprint density at radius 2 is 0.558 bits per heavy atom. The van der Waals surface area contributed by atoms with E-state index < -0.39 is 12.1 Å². The van der Waals surface area contributed by atoms with Gasteiger partial charge in [0, 0.05) is 12.8 Å². The molecule has 6 heteroatoms. The quantitative estimate of drug-likeness (QED) is 0.0261. The summed E-state index contributed by atoms with van der Waals surface area (Å²) in [5.74, 6) is -1.05. The van der Waals surface area contributed by atoms with Gasteiger partial charge in [-0.05, 0) is 116 Å². The molecule has 0 radical (unpaired) electrons. The Morgan fingerprint density at radius 3 is 0.935 bits per heavy atom. The third-order valence-corrected chi connectivity index (χ3v) is 13.5. The molecule has 0 aromatic heterocycles. The fourth-order valence-corrected chi connectivity index (χ4v) is 8.67. The van der Waals surface area contributed by atoms with E-state index in [0.717, 1.165) is 89.9 Å². The van der Waals surface area contributed by atoms with Crippen molar-refractivity contribution in [1.29, 1.82) is 0 Å². The highest BCUT2D eigenvalue weighted by Gasteiger charge is 2.19. The van der Waals surface area contributed by atoms with Gasteiger partial charge in [-0.1, -0.05) is 277 Å². The fourth-order valence-electron chi connectivity index (χ4n) is 8.67. The molecule has 1 atom stereocenters. The van der Waals surface area contributed by atoms with E-state index in [9.17, 15) is 14.4 Å². The van der Waals surface area contributed by atoms with Crippen LogP contribution in [0.15, 0.2) is 122 Å². The van der Waals surface area contributed by atoms with Crippen LogP contribution in [0.3, 0.4) is 0 Å². The van der Waals surface area contributed by atoms with Crippen molar-refractivity contribution in [3.8, 4) is 0 Å². The molecule has 6 nitrogen and oxygen atoms in total. The molecule has 0 aromatic carbocycles. The lowest BCUT2D eigenvalue weighted by atomic mass is 10.0. The Bertz CT molecular complexity index is 1600. The minimum Gasteiger partial charge on any atom is -0.462 e. The number of carbonyl (C=O) groups excluding carboxylic acids is 3. The molecule has 0 spiro atoms. The van der Waals surface area contributed by atoms with Crippen LogP contribution in [0.1, 0.15) is 290 Å². The Kier molecular flexibility index (Phi) is 60.8. The molecule has 0 aliphatic rings. The van der Waals surface area contributed by atoms with Crippen LogP contribution < -0.4 is 0 Å². The van der Waals surface area contributed by atoms with Crippen LogP contribution in [-0.2, 0) is 28.6 Å². The van der Waals surface area contributed by atoms with Gasteiger partial charge in [-0.3, -0.25) is 14.4 Å². The summed E-state index contributed by atoms with van der Waals surface area (Å²) >= 11 is 0. The highest BCUT2D eigenvalue weighted by Crippen LogP contribution is 2.15. The first-order chi connectivity index (χ1) is 38.0. The highest BCUT2D eigenvalue weighted by atomic mass is 16.6. The van der Waals surface area contributed by atoms with Crippen molar-refractivity contribution in [2.75, 3.05) is 13.2 Å². The van der Waals surface area contributed by atoms with Crippen LogP contribution in [-0.4, -0.2) is 37.2 Å². The van der Waals surface area contributed by atoms with Gasteiger partial charge in [0.25, 0.3) is 0 Å². The van der Waals surface area contributed by atoms with E-state index in [4.69, 9.17) is 14.2 Å². The predicted octanol–water partition coefficient (Wildman–Crippen LogP) is 22.0. The largest absolute Gasteiger partial charge is 0.462 e. The first kappa shape index (κ1) is 72.8. The highest BCUT2D eigenvalue weighted by molar-refractivity contribution is 5.72. The Hall–Kier alpha value is -4.19. The molecule has 0 fully saturated rings. The summed E-state index contributed by atoms with van der Waals surface area (Å²) in [6, 6.07) is 0. The zero-order chi connectivity index (χ0) is 55.7. The molecule has 0 aliphatic heterocycles. The van der Waals surface area contributed by atoms with Crippen molar-refractivity contribution in [3.63, 3.8) is 0 Å². The molecule has 77 heavy (non-hydrogen) atoms. The minimum atomic E-state index is -0.826. The van der Waals surface area contributed by atoms with Crippen molar-refractivity contribution >= 4 is 17.9 Å². The second-order valence-electron chi connectivity index (χ2n) is 20.9. The molecule has 0 aliphatic carbocycles. The molecule has 1 unspecified atom stereocenters. The summed E-state index contributed by atoms with van der Waals surface area (Å²) in [5, 5.41) is 0. The van der Waals surface area contributed by atoms with Gasteiger partial charge in [0.15, 0.2) is 6.10 Å². The van der Waals surface area contributed by atoms with Gasteiger partial charge in [-0.15, -0.1) is 0 Å². The lowest BCUT2D eigenvalue weighted by Gasteiger charge is -2.18. The lowest BCUT2D eigenvalue weighted by molar-refractivity contribution is -0.166. The van der Waals surface area contributed by atoms with Gasteiger partial charge < -0.3 is 14.2 Å². The van der Waals surface area contributed by atoms with Gasteiger partial charge in [-0.2, -0.15) is 0 Å². The van der Waals surface area contributed by atoms with Crippen LogP contribution in [0.2, 0.25) is 0 Å². The van der Waals surface area contributed by atoms with E-state index in [1.807, 2.05) is 6.08 Å². The molecule has 0 amide bonds. The Balaban J connectivity index is 4.43. The normalized spacial score (nSPS) is 12.9. The molecule has 0 rings (SSSR count). The van der Waals surface area contributed by atoms with Gasteiger partial charge in [0.05, 0.1) is 6.42 Å². The number of hydrogen-bond donors (Lipinski definition) is 0. The molecular formula is C71H118O6. The Labute approximate surface area is 475 Å². The summed E-state index contributed by atoms with van der Waals surface area (Å²) < 4.78 is 16.8. The molecule has 0 aromatic rings. The zero-order valence-corrected chi connectivity index (χ0v) is 50.2. The van der Waals surface area contributed by atoms with Gasteiger partial charge >= 0.3 is 17.9 Å². The fraction of sp³-hybridized carbons (Fsp3) is 0.676. The molecule has 438 valence electrons. The summed E-state index contributed by atoms with van der Waals surface area (Å²) in [6.45, 7) is 6.41. The van der Waals surface area contributed by atoms with Crippen molar-refractivity contribution in [2.45, 2.75) is 297 Å². The van der Waals surface area contributed by atoms with Gasteiger partial charge in [0.2, 0.25) is 0 Å². The third-order valence-electron chi connectivity index (χ3n) is 13.5. The second kappa shape index (κ2) is 64.3. The van der Waals surface area contributed by atoms with Crippen LogP contribution in [0.25, 0.3) is 0 Å². The standard InChI is InChI=1S/C71H118O6/c1-4-7-10-13-16-19-22-25-28-30-32-33-34-35-36-37-39-40-43-46-49-52-55-58-61-64-70(73)76-67-68(66-75-69(72)63-60-57-54-51-48-45-42-27-24-21-18-15-12-9-6-3)77-71(74)65-62-59-56-53-50-47-44-41-38-31-29-26-23-20-17-14-11-8-5-2/h9,12,17-18,20-22,25-27,29-30,32,34-35,42,48,51,57,60,68H,4-8,10-11,13-16,19,23-24,28,31,33,36-41,43-47,49-50,52-56,58-59,61-67H2,1-3H3/b12-9-,20-17-,21-18-,25-22-,29-26-,32-30-,35-34-,42-27-,51-48-,60-57-. The second-order valence-corrected chi connectivity index (χ2v) is 20.9. The van der Waals surface area contributed by atoms with Crippen molar-refractivity contribution in [3.05, 3.63) is 122 Å². The lowest BCUT2D eigenvalue weighted by Crippen LogP contribution is -2.30. The van der Waals surface area contributed by atoms with E-state index in [1.165, 1.54) is 161 Å². The van der Waals surface area contributed by atoms with Gasteiger partial charge in [-0.25, -0.2) is 0 Å². The number of rotatable bonds is 57. The number of unbranched alkanes of at least 4 members (excludes halogenated alkanes) is 27. The number of carbonyl (C=O) groups is 3. The summed E-state index contributed by atoms with van der Waals surface area (Å²) in [4.78, 5) is 38.3. The van der Waals surface area contributed by atoms with Crippen molar-refractivity contribution in [2.24, 2.45) is 0 Å². The first-order valence-corrected chi connectivity index (χ1v) is 32.0. The zero-order valence-electron chi connectivity index (χ0n) is 50.2. The maximum absolute atomic E-state index is 12.9. The average Bonchev–Trinajstić information content (AvgIpc) is 3.43. The molecule has 0 N–H and O–H groups in total. The van der Waals surface area contributed by atoms with Gasteiger partial charge in [0.1, 0.15) is 13.2 Å². The van der Waals surface area contributed by atoms with E-state index in [2.05, 4.69) is 130 Å². The van der Waals surface area contributed by atoms with E-state index in [1.54, 1.807) is 6.08 Å². The van der Waals surface area contributed by atoms with Crippen molar-refractivity contribution < 1.29 is 28.6 Å². The van der Waals surface area contributed by atoms with E-state index in [-0.39, 0.29) is 31.6 Å². The first-order valence-electron chi connectivity index (χ1n) is 32.0. The van der Waals surface area contributed by atoms with Crippen molar-refractivity contribution in [1.82, 2.24) is 0 Å². The smallest absolute Gasteiger partial charge is 0.309 e. The number of allylic oxidation sites excluding steroid dienone is 19. The number of esters is 3. The summed E-state index contributed by atoms with van der Waals surface area (Å²) in [7, 11) is 0. The molecular weight excluding hydrogens is 949 g/mol. The molecule has 0 saturated carbocycles. The summed E-state index contributed by atoms with van der Waals surface area (Å²) in [6.07, 6.45) is 89.4. The van der Waals surface area contributed by atoms with E-state index >= 15 is 0 Å². The maximum Gasteiger partial charge on any atom is 0.309 e. The minimum absolute atomic E-state index is 0.114. The Morgan fingerprint density at radius 1 is 0.286 bits per heavy atom. The number of hydrogen-bond acceptors (Lipinski definition) is 6. The molecule has 0 heterocycles.